The lowest BCUT2D eigenvalue weighted by atomic mass is 9.93. The minimum atomic E-state index is -0.600. The van der Waals surface area contributed by atoms with Crippen LogP contribution in [0.25, 0.3) is 6.08 Å². The van der Waals surface area contributed by atoms with Crippen molar-refractivity contribution < 1.29 is 9.53 Å². The summed E-state index contributed by atoms with van der Waals surface area (Å²) < 4.78 is 7.45. The Morgan fingerprint density at radius 2 is 1.97 bits per heavy atom. The number of nitrogens with zero attached hydrogens (tertiary/aromatic N) is 3. The molecule has 1 aliphatic heterocycles. The first-order valence-corrected chi connectivity index (χ1v) is 11.4. The lowest BCUT2D eigenvalue weighted by molar-refractivity contribution is -0.139. The third-order valence-corrected chi connectivity index (χ3v) is 6.39. The van der Waals surface area contributed by atoms with Crippen LogP contribution in [0.3, 0.4) is 0 Å². The number of fused-ring (bicyclic) bond motifs is 1. The van der Waals surface area contributed by atoms with Crippen LogP contribution in [0.4, 0.5) is 0 Å². The van der Waals surface area contributed by atoms with Crippen molar-refractivity contribution in [2.24, 2.45) is 4.99 Å². The van der Waals surface area contributed by atoms with E-state index in [9.17, 15) is 9.59 Å². The van der Waals surface area contributed by atoms with E-state index < -0.39 is 12.0 Å². The quantitative estimate of drug-likeness (QED) is 0.563. The van der Waals surface area contributed by atoms with E-state index in [4.69, 9.17) is 4.74 Å². The number of carbonyl (C=O) groups excluding carboxylic acids is 1. The highest BCUT2D eigenvalue weighted by atomic mass is 32.1. The number of hydrogen-bond donors (Lipinski definition) is 0. The number of thiazole rings is 1. The number of hydrogen-bond acceptors (Lipinski definition) is 6. The second kappa shape index (κ2) is 9.04. The van der Waals surface area contributed by atoms with Crippen LogP contribution in [0.2, 0.25) is 0 Å². The Morgan fingerprint density at radius 1 is 1.22 bits per heavy atom. The highest BCUT2D eigenvalue weighted by molar-refractivity contribution is 7.07. The Balaban J connectivity index is 1.94. The van der Waals surface area contributed by atoms with Crippen molar-refractivity contribution in [3.63, 3.8) is 0 Å². The molecule has 0 amide bonds. The van der Waals surface area contributed by atoms with E-state index in [1.165, 1.54) is 16.9 Å². The van der Waals surface area contributed by atoms with E-state index >= 15 is 0 Å². The largest absolute Gasteiger partial charge is 0.463 e. The second-order valence-electron chi connectivity index (χ2n) is 7.88. The minimum absolute atomic E-state index is 0.202. The molecule has 0 fully saturated rings. The van der Waals surface area contributed by atoms with Crippen molar-refractivity contribution in [2.45, 2.75) is 39.7 Å². The van der Waals surface area contributed by atoms with Gasteiger partial charge in [-0.2, -0.15) is 0 Å². The van der Waals surface area contributed by atoms with Gasteiger partial charge in [0.05, 0.1) is 34.1 Å². The molecule has 0 radical (unpaired) electrons. The van der Waals surface area contributed by atoms with Crippen LogP contribution in [-0.2, 0) is 9.53 Å². The van der Waals surface area contributed by atoms with Crippen molar-refractivity contribution in [3.05, 3.63) is 96.4 Å². The third-order valence-electron chi connectivity index (χ3n) is 5.40. The molecule has 0 saturated heterocycles. The topological polar surface area (TPSA) is 73.6 Å². The van der Waals surface area contributed by atoms with E-state index in [0.717, 1.165) is 5.56 Å². The maximum Gasteiger partial charge on any atom is 0.338 e. The summed E-state index contributed by atoms with van der Waals surface area (Å²) in [4.78, 5) is 35.9. The van der Waals surface area contributed by atoms with Crippen molar-refractivity contribution in [2.75, 3.05) is 6.61 Å². The maximum atomic E-state index is 13.5. The van der Waals surface area contributed by atoms with Crippen molar-refractivity contribution in [1.29, 1.82) is 0 Å². The smallest absolute Gasteiger partial charge is 0.338 e. The van der Waals surface area contributed by atoms with Gasteiger partial charge >= 0.3 is 5.97 Å². The number of allylic oxidation sites excluding steroid dienone is 1. The Morgan fingerprint density at radius 3 is 2.59 bits per heavy atom. The van der Waals surface area contributed by atoms with Crippen LogP contribution in [0, 0.1) is 0 Å². The number of rotatable bonds is 5. The van der Waals surface area contributed by atoms with Gasteiger partial charge in [-0.15, -0.1) is 0 Å². The summed E-state index contributed by atoms with van der Waals surface area (Å²) in [7, 11) is 0. The molecule has 3 heterocycles. The fourth-order valence-corrected chi connectivity index (χ4v) is 4.80. The normalized spacial score (nSPS) is 16.2. The summed E-state index contributed by atoms with van der Waals surface area (Å²) >= 11 is 1.30. The summed E-state index contributed by atoms with van der Waals surface area (Å²) in [6.07, 6.45) is 3.44. The van der Waals surface area contributed by atoms with Crippen LogP contribution in [0.1, 0.15) is 56.5 Å². The van der Waals surface area contributed by atoms with Crippen LogP contribution < -0.4 is 14.9 Å². The Hall–Kier alpha value is -3.32. The first kappa shape index (κ1) is 21.9. The van der Waals surface area contributed by atoms with Gasteiger partial charge in [0.1, 0.15) is 0 Å². The monoisotopic (exact) mass is 447 g/mol. The molecule has 0 spiro atoms. The fraction of sp³-hybridized carbons (Fsp3) is 0.280. The average molecular weight is 448 g/mol. The zero-order chi connectivity index (χ0) is 22.8. The average Bonchev–Trinajstić information content (AvgIpc) is 3.08. The molecule has 1 aliphatic rings. The lowest BCUT2D eigenvalue weighted by Crippen LogP contribution is -2.40. The van der Waals surface area contributed by atoms with Gasteiger partial charge in [0, 0.05) is 6.20 Å². The molecule has 0 aliphatic carbocycles. The molecule has 0 saturated carbocycles. The van der Waals surface area contributed by atoms with Gasteiger partial charge in [-0.25, -0.2) is 9.79 Å². The van der Waals surface area contributed by atoms with E-state index in [-0.39, 0.29) is 12.2 Å². The first-order valence-electron chi connectivity index (χ1n) is 10.6. The molecule has 4 rings (SSSR count). The Kier molecular flexibility index (Phi) is 6.19. The van der Waals surface area contributed by atoms with Crippen LogP contribution in [0.15, 0.2) is 69.7 Å². The molecule has 1 atom stereocenters. The van der Waals surface area contributed by atoms with E-state index in [1.807, 2.05) is 42.5 Å². The van der Waals surface area contributed by atoms with Crippen LogP contribution in [0.5, 0.6) is 0 Å². The number of pyridine rings is 1. The zero-order valence-corrected chi connectivity index (χ0v) is 19.3. The van der Waals surface area contributed by atoms with Crippen molar-refractivity contribution >= 4 is 23.4 Å². The summed E-state index contributed by atoms with van der Waals surface area (Å²) in [6.45, 7) is 8.06. The van der Waals surface area contributed by atoms with Crippen molar-refractivity contribution in [1.82, 2.24) is 9.55 Å². The molecule has 1 aromatic carbocycles. The standard InChI is InChI=1S/C25H25N3O3S/c1-5-31-24(30)21-16(4)27-25-28(22(21)18-11-9-17(10-12-18)15(2)3)23(29)20(32-25)14-19-8-6-7-13-26-19/h6-15,22H,5H2,1-4H3. The van der Waals surface area contributed by atoms with E-state index in [1.54, 1.807) is 30.7 Å². The summed E-state index contributed by atoms with van der Waals surface area (Å²) in [6, 6.07) is 13.0. The predicted molar refractivity (Wildman–Crippen MR) is 125 cm³/mol. The summed E-state index contributed by atoms with van der Waals surface area (Å²) in [5.41, 5.74) is 3.48. The molecule has 1 unspecified atom stereocenters. The van der Waals surface area contributed by atoms with Gasteiger partial charge in [-0.1, -0.05) is 55.5 Å². The molecule has 2 aromatic heterocycles. The number of carbonyl (C=O) groups is 1. The van der Waals surface area contributed by atoms with E-state index in [0.29, 0.717) is 32.2 Å². The zero-order valence-electron chi connectivity index (χ0n) is 18.5. The number of benzene rings is 1. The molecular formula is C25H25N3O3S. The molecule has 0 N–H and O–H groups in total. The molecule has 0 bridgehead atoms. The van der Waals surface area contributed by atoms with Crippen molar-refractivity contribution in [3.8, 4) is 0 Å². The van der Waals surface area contributed by atoms with Gasteiger partial charge < -0.3 is 4.74 Å². The number of aromatic nitrogens is 2. The lowest BCUT2D eigenvalue weighted by Gasteiger charge is -2.25. The predicted octanol–water partition coefficient (Wildman–Crippen LogP) is 3.32. The molecule has 6 nitrogen and oxygen atoms in total. The maximum absolute atomic E-state index is 13.5. The second-order valence-corrected chi connectivity index (χ2v) is 8.89. The third kappa shape index (κ3) is 4.08. The summed E-state index contributed by atoms with van der Waals surface area (Å²) in [5.74, 6) is -0.0723. The molecule has 7 heteroatoms. The van der Waals surface area contributed by atoms with Gasteiger partial charge in [-0.05, 0) is 49.1 Å². The minimum Gasteiger partial charge on any atom is -0.463 e. The molecular weight excluding hydrogens is 422 g/mol. The summed E-state index contributed by atoms with van der Waals surface area (Å²) in [5, 5.41) is 0. The highest BCUT2D eigenvalue weighted by Gasteiger charge is 2.33. The Labute approximate surface area is 190 Å². The van der Waals surface area contributed by atoms with Gasteiger partial charge in [-0.3, -0.25) is 14.3 Å². The van der Waals surface area contributed by atoms with Gasteiger partial charge in [0.15, 0.2) is 4.80 Å². The van der Waals surface area contributed by atoms with Gasteiger partial charge in [0.25, 0.3) is 5.56 Å². The van der Waals surface area contributed by atoms with Crippen LogP contribution >= 0.6 is 11.3 Å². The Bertz CT molecular complexity index is 1350. The highest BCUT2D eigenvalue weighted by Crippen LogP contribution is 2.31. The number of esters is 1. The SMILES string of the molecule is CCOC(=O)C1=C(C)N=c2sc(=Cc3ccccn3)c(=O)n2C1c1ccc(C(C)C)cc1. The first-order chi connectivity index (χ1) is 15.4. The molecule has 32 heavy (non-hydrogen) atoms. The van der Waals surface area contributed by atoms with Crippen LogP contribution in [-0.4, -0.2) is 22.1 Å². The molecule has 3 aromatic rings. The van der Waals surface area contributed by atoms with Gasteiger partial charge in [0.2, 0.25) is 0 Å². The number of ether oxygens (including phenoxy) is 1. The molecule has 164 valence electrons. The van der Waals surface area contributed by atoms with E-state index in [2.05, 4.69) is 23.8 Å². The fourth-order valence-electron chi connectivity index (χ4n) is 3.77.